The van der Waals surface area contributed by atoms with Crippen LogP contribution >= 0.6 is 0 Å². The molecule has 3 aromatic rings. The second-order valence-corrected chi connectivity index (χ2v) is 6.00. The number of aliphatic hydroxyl groups excluding tert-OH is 1. The number of hydrogen-bond donors (Lipinski definition) is 3. The molecule has 8 heteroatoms. The van der Waals surface area contributed by atoms with Gasteiger partial charge in [-0.15, -0.1) is 0 Å². The molecule has 0 radical (unpaired) electrons. The minimum atomic E-state index is -0.178. The van der Waals surface area contributed by atoms with Crippen LogP contribution in [0.3, 0.4) is 0 Å². The highest BCUT2D eigenvalue weighted by Gasteiger charge is 2.27. The van der Waals surface area contributed by atoms with Gasteiger partial charge in [0.15, 0.2) is 17.0 Å². The topological polar surface area (TPSA) is 105 Å². The molecule has 1 aromatic carbocycles. The van der Waals surface area contributed by atoms with E-state index in [1.807, 2.05) is 16.7 Å². The Balaban J connectivity index is 1.58. The van der Waals surface area contributed by atoms with E-state index in [2.05, 4.69) is 20.3 Å². The maximum absolute atomic E-state index is 9.87. The summed E-state index contributed by atoms with van der Waals surface area (Å²) in [7, 11) is 0. The molecule has 0 amide bonds. The van der Waals surface area contributed by atoms with Gasteiger partial charge in [0.05, 0.1) is 19.0 Å². The highest BCUT2D eigenvalue weighted by molar-refractivity contribution is 5.82. The van der Waals surface area contributed by atoms with E-state index in [4.69, 9.17) is 4.74 Å². The summed E-state index contributed by atoms with van der Waals surface area (Å²) in [6.07, 6.45) is 4.47. The lowest BCUT2D eigenvalue weighted by Crippen LogP contribution is -2.14. The number of hydrogen-bond acceptors (Lipinski definition) is 7. The van der Waals surface area contributed by atoms with E-state index in [0.717, 1.165) is 18.4 Å². The Morgan fingerprint density at radius 3 is 2.88 bits per heavy atom. The number of para-hydroxylation sites is 1. The number of rotatable bonds is 5. The monoisotopic (exact) mass is 341 g/mol. The zero-order valence-corrected chi connectivity index (χ0v) is 13.5. The fourth-order valence-electron chi connectivity index (χ4n) is 3.06. The molecule has 3 N–H and O–H groups in total. The first-order valence-electron chi connectivity index (χ1n) is 8.21. The molecule has 8 nitrogen and oxygen atoms in total. The van der Waals surface area contributed by atoms with E-state index in [0.29, 0.717) is 23.5 Å². The molecule has 2 unspecified atom stereocenters. The van der Waals surface area contributed by atoms with E-state index in [-0.39, 0.29) is 24.7 Å². The molecule has 1 aliphatic rings. The molecule has 3 heterocycles. The predicted molar refractivity (Wildman–Crippen MR) is 91.0 cm³/mol. The van der Waals surface area contributed by atoms with Crippen LogP contribution in [0.15, 0.2) is 36.9 Å². The number of aromatic hydroxyl groups is 1. The molecule has 130 valence electrons. The van der Waals surface area contributed by atoms with Crippen molar-refractivity contribution in [1.82, 2.24) is 19.5 Å². The van der Waals surface area contributed by atoms with Gasteiger partial charge >= 0.3 is 0 Å². The number of aromatic nitrogens is 4. The van der Waals surface area contributed by atoms with Crippen molar-refractivity contribution in [2.24, 2.45) is 0 Å². The van der Waals surface area contributed by atoms with Gasteiger partial charge in [0.25, 0.3) is 0 Å². The number of nitrogens with one attached hydrogen (secondary N) is 1. The Morgan fingerprint density at radius 1 is 1.20 bits per heavy atom. The summed E-state index contributed by atoms with van der Waals surface area (Å²) >= 11 is 0. The lowest BCUT2D eigenvalue weighted by atomic mass is 10.2. The predicted octanol–water partition coefficient (Wildman–Crippen LogP) is 1.81. The number of aliphatic hydroxyl groups is 1. The fraction of sp³-hybridized carbons (Fsp3) is 0.353. The minimum Gasteiger partial charge on any atom is -0.508 e. The van der Waals surface area contributed by atoms with Gasteiger partial charge in [0, 0.05) is 12.1 Å². The van der Waals surface area contributed by atoms with Crippen LogP contribution in [0, 0.1) is 0 Å². The molecule has 0 aliphatic carbocycles. The third-order valence-electron chi connectivity index (χ3n) is 4.40. The van der Waals surface area contributed by atoms with Gasteiger partial charge < -0.3 is 20.3 Å². The summed E-state index contributed by atoms with van der Waals surface area (Å²) in [4.78, 5) is 13.0. The number of ether oxygens (including phenoxy) is 1. The van der Waals surface area contributed by atoms with Crippen LogP contribution in [0.2, 0.25) is 0 Å². The Kier molecular flexibility index (Phi) is 4.21. The molecule has 4 rings (SSSR count). The zero-order chi connectivity index (χ0) is 17.2. The molecule has 2 aromatic heterocycles. The van der Waals surface area contributed by atoms with Crippen molar-refractivity contribution in [3.63, 3.8) is 0 Å². The lowest BCUT2D eigenvalue weighted by Gasteiger charge is -2.14. The number of nitrogens with zero attached hydrogens (tertiary/aromatic N) is 4. The minimum absolute atomic E-state index is 0.0193. The molecule has 25 heavy (non-hydrogen) atoms. The van der Waals surface area contributed by atoms with Gasteiger partial charge in [-0.2, -0.15) is 0 Å². The first-order chi connectivity index (χ1) is 12.3. The maximum Gasteiger partial charge on any atom is 0.167 e. The highest BCUT2D eigenvalue weighted by Crippen LogP contribution is 2.31. The Morgan fingerprint density at radius 2 is 2.08 bits per heavy atom. The zero-order valence-electron chi connectivity index (χ0n) is 13.5. The first kappa shape index (κ1) is 15.8. The molecule has 1 fully saturated rings. The van der Waals surface area contributed by atoms with Crippen LogP contribution in [0.1, 0.15) is 24.6 Å². The summed E-state index contributed by atoms with van der Waals surface area (Å²) in [6, 6.07) is 7.15. The van der Waals surface area contributed by atoms with Crippen molar-refractivity contribution in [3.05, 3.63) is 42.5 Å². The maximum atomic E-state index is 9.87. The van der Waals surface area contributed by atoms with E-state index >= 15 is 0 Å². The molecule has 0 saturated carbocycles. The van der Waals surface area contributed by atoms with E-state index in [1.165, 1.54) is 6.33 Å². The standard InChI is InChI=1S/C17H19N5O3/c23-8-12-5-6-14(25-12)22-10-21-15-16(19-9-20-17(15)22)18-7-11-3-1-2-4-13(11)24/h1-4,9-10,12,14,23-24H,5-8H2,(H,18,19,20). The van der Waals surface area contributed by atoms with Gasteiger partial charge in [-0.05, 0) is 18.9 Å². The van der Waals surface area contributed by atoms with Crippen molar-refractivity contribution >= 4 is 17.0 Å². The van der Waals surface area contributed by atoms with E-state index < -0.39 is 0 Å². The molecule has 0 bridgehead atoms. The SMILES string of the molecule is OCC1CCC(n2cnc3c(NCc4ccccc4O)ncnc32)O1. The van der Waals surface area contributed by atoms with Gasteiger partial charge in [-0.1, -0.05) is 18.2 Å². The lowest BCUT2D eigenvalue weighted by molar-refractivity contribution is -0.0207. The Labute approximate surface area is 144 Å². The van der Waals surface area contributed by atoms with Gasteiger partial charge in [-0.25, -0.2) is 15.0 Å². The van der Waals surface area contributed by atoms with Crippen LogP contribution in [0.4, 0.5) is 5.82 Å². The van der Waals surface area contributed by atoms with Crippen LogP contribution in [0.25, 0.3) is 11.2 Å². The molecular weight excluding hydrogens is 322 g/mol. The van der Waals surface area contributed by atoms with Crippen LogP contribution in [-0.2, 0) is 11.3 Å². The van der Waals surface area contributed by atoms with Gasteiger partial charge in [0.1, 0.15) is 18.3 Å². The first-order valence-corrected chi connectivity index (χ1v) is 8.21. The summed E-state index contributed by atoms with van der Waals surface area (Å²) in [5.74, 6) is 0.837. The second kappa shape index (κ2) is 6.66. The van der Waals surface area contributed by atoms with Crippen molar-refractivity contribution in [1.29, 1.82) is 0 Å². The average molecular weight is 341 g/mol. The smallest absolute Gasteiger partial charge is 0.167 e. The summed E-state index contributed by atoms with van der Waals surface area (Å²) in [6.45, 7) is 0.448. The fourth-order valence-corrected chi connectivity index (χ4v) is 3.06. The number of benzene rings is 1. The number of fused-ring (bicyclic) bond motifs is 1. The van der Waals surface area contributed by atoms with Gasteiger partial charge in [-0.3, -0.25) is 4.57 Å². The molecule has 1 saturated heterocycles. The summed E-state index contributed by atoms with van der Waals surface area (Å²) < 4.78 is 7.68. The molecule has 0 spiro atoms. The molecular formula is C17H19N5O3. The van der Waals surface area contributed by atoms with Crippen LogP contribution < -0.4 is 5.32 Å². The number of phenolic OH excluding ortho intramolecular Hbond substituents is 1. The van der Waals surface area contributed by atoms with E-state index in [1.54, 1.807) is 18.5 Å². The van der Waals surface area contributed by atoms with E-state index in [9.17, 15) is 10.2 Å². The largest absolute Gasteiger partial charge is 0.508 e. The quantitative estimate of drug-likeness (QED) is 0.650. The van der Waals surface area contributed by atoms with Crippen LogP contribution in [0.5, 0.6) is 5.75 Å². The second-order valence-electron chi connectivity index (χ2n) is 6.00. The van der Waals surface area contributed by atoms with Crippen LogP contribution in [-0.4, -0.2) is 42.4 Å². The normalized spacial score (nSPS) is 20.2. The summed E-state index contributed by atoms with van der Waals surface area (Å²) in [5, 5.41) is 22.3. The third-order valence-corrected chi connectivity index (χ3v) is 4.40. The number of anilines is 1. The van der Waals surface area contributed by atoms with Crippen molar-refractivity contribution < 1.29 is 14.9 Å². The van der Waals surface area contributed by atoms with Crippen molar-refractivity contribution in [3.8, 4) is 5.75 Å². The Bertz CT molecular complexity index is 882. The summed E-state index contributed by atoms with van der Waals surface area (Å²) in [5.41, 5.74) is 2.10. The molecule has 2 atom stereocenters. The van der Waals surface area contributed by atoms with Gasteiger partial charge in [0.2, 0.25) is 0 Å². The van der Waals surface area contributed by atoms with Crippen molar-refractivity contribution in [2.45, 2.75) is 31.7 Å². The molecule has 1 aliphatic heterocycles. The third kappa shape index (κ3) is 3.01. The van der Waals surface area contributed by atoms with Crippen molar-refractivity contribution in [2.75, 3.05) is 11.9 Å². The highest BCUT2D eigenvalue weighted by atomic mass is 16.5. The average Bonchev–Trinajstić information content (AvgIpc) is 3.27. The number of phenols is 1. The number of imidazole rings is 1. The Hall–Kier alpha value is -2.71.